The van der Waals surface area contributed by atoms with Crippen LogP contribution in [-0.4, -0.2) is 51.4 Å². The lowest BCUT2D eigenvalue weighted by Crippen LogP contribution is -2.50. The van der Waals surface area contributed by atoms with Crippen LogP contribution in [0.25, 0.3) is 0 Å². The molecule has 1 saturated heterocycles. The summed E-state index contributed by atoms with van der Waals surface area (Å²) >= 11 is 0. The highest BCUT2D eigenvalue weighted by atomic mass is 16.3. The Morgan fingerprint density at radius 2 is 2.33 bits per heavy atom. The first-order valence-corrected chi connectivity index (χ1v) is 7.23. The zero-order valence-corrected chi connectivity index (χ0v) is 12.4. The first kappa shape index (κ1) is 13.9. The van der Waals surface area contributed by atoms with E-state index in [2.05, 4.69) is 16.8 Å². The molecule has 0 bridgehead atoms. The Labute approximate surface area is 124 Å². The van der Waals surface area contributed by atoms with E-state index in [0.717, 1.165) is 25.5 Å². The molecule has 112 valence electrons. The zero-order chi connectivity index (χ0) is 14.8. The van der Waals surface area contributed by atoms with Gasteiger partial charge < -0.3 is 13.9 Å². The number of hydrogen-bond donors (Lipinski definition) is 0. The molecule has 3 heterocycles. The Balaban J connectivity index is 1.81. The maximum absolute atomic E-state index is 12.5. The van der Waals surface area contributed by atoms with Gasteiger partial charge in [0.05, 0.1) is 17.9 Å². The number of amides is 1. The summed E-state index contributed by atoms with van der Waals surface area (Å²) in [5.41, 5.74) is 0.610. The van der Waals surface area contributed by atoms with Gasteiger partial charge in [0.25, 0.3) is 5.91 Å². The number of imidazole rings is 1. The van der Waals surface area contributed by atoms with Crippen LogP contribution in [0, 0.1) is 0 Å². The normalized spacial score (nSPS) is 19.9. The molecule has 1 aliphatic rings. The lowest BCUT2D eigenvalue weighted by molar-refractivity contribution is 0.0472. The molecule has 21 heavy (non-hydrogen) atoms. The molecular formula is C15H20N4O2. The van der Waals surface area contributed by atoms with E-state index in [0.29, 0.717) is 12.1 Å². The smallest absolute Gasteiger partial charge is 0.257 e. The summed E-state index contributed by atoms with van der Waals surface area (Å²) in [6, 6.07) is 1.85. The third kappa shape index (κ3) is 2.58. The summed E-state index contributed by atoms with van der Waals surface area (Å²) in [7, 11) is 1.99. The van der Waals surface area contributed by atoms with Crippen LogP contribution in [0.4, 0.5) is 0 Å². The van der Waals surface area contributed by atoms with E-state index >= 15 is 0 Å². The van der Waals surface area contributed by atoms with E-state index in [1.54, 1.807) is 12.3 Å². The van der Waals surface area contributed by atoms with Gasteiger partial charge in [-0.2, -0.15) is 0 Å². The number of carbonyl (C=O) groups is 1. The van der Waals surface area contributed by atoms with E-state index in [4.69, 9.17) is 4.42 Å². The Morgan fingerprint density at radius 3 is 2.95 bits per heavy atom. The fourth-order valence-electron chi connectivity index (χ4n) is 2.90. The Kier molecular flexibility index (Phi) is 3.79. The standard InChI is InChI=1S/C15H20N4O2/c1-3-18-7-8-19(15(20)12-4-9-21-11-12)10-13(18)14-16-5-6-17(14)2/h4-6,9,11,13H,3,7-8,10H2,1-2H3/t13-/m1/s1. The van der Waals surface area contributed by atoms with E-state index in [-0.39, 0.29) is 11.9 Å². The van der Waals surface area contributed by atoms with Crippen LogP contribution < -0.4 is 0 Å². The van der Waals surface area contributed by atoms with Gasteiger partial charge in [0.15, 0.2) is 0 Å². The van der Waals surface area contributed by atoms with Crippen molar-refractivity contribution in [2.75, 3.05) is 26.2 Å². The largest absolute Gasteiger partial charge is 0.472 e. The van der Waals surface area contributed by atoms with E-state index in [1.807, 2.05) is 22.7 Å². The number of aryl methyl sites for hydroxylation is 1. The van der Waals surface area contributed by atoms with Crippen LogP contribution in [0.2, 0.25) is 0 Å². The molecule has 0 aliphatic carbocycles. The lowest BCUT2D eigenvalue weighted by Gasteiger charge is -2.40. The Morgan fingerprint density at radius 1 is 1.48 bits per heavy atom. The molecule has 0 N–H and O–H groups in total. The Hall–Kier alpha value is -2.08. The van der Waals surface area contributed by atoms with Crippen molar-refractivity contribution in [2.45, 2.75) is 13.0 Å². The van der Waals surface area contributed by atoms with Gasteiger partial charge in [0.1, 0.15) is 12.1 Å². The fourth-order valence-corrected chi connectivity index (χ4v) is 2.90. The predicted molar refractivity (Wildman–Crippen MR) is 77.8 cm³/mol. The molecule has 6 nitrogen and oxygen atoms in total. The van der Waals surface area contributed by atoms with Crippen molar-refractivity contribution in [3.8, 4) is 0 Å². The van der Waals surface area contributed by atoms with Crippen LogP contribution in [-0.2, 0) is 7.05 Å². The molecule has 0 aromatic carbocycles. The summed E-state index contributed by atoms with van der Waals surface area (Å²) in [5.74, 6) is 1.03. The molecule has 0 radical (unpaired) electrons. The van der Waals surface area contributed by atoms with Crippen molar-refractivity contribution in [1.29, 1.82) is 0 Å². The summed E-state index contributed by atoms with van der Waals surface area (Å²) < 4.78 is 7.04. The van der Waals surface area contributed by atoms with Gasteiger partial charge >= 0.3 is 0 Å². The van der Waals surface area contributed by atoms with Crippen molar-refractivity contribution in [2.24, 2.45) is 7.05 Å². The minimum absolute atomic E-state index is 0.0266. The average molecular weight is 288 g/mol. The highest BCUT2D eigenvalue weighted by Crippen LogP contribution is 2.24. The number of aromatic nitrogens is 2. The summed E-state index contributed by atoms with van der Waals surface area (Å²) in [4.78, 5) is 21.2. The van der Waals surface area contributed by atoms with Crippen molar-refractivity contribution in [3.63, 3.8) is 0 Å². The minimum atomic E-state index is 0.0266. The summed E-state index contributed by atoms with van der Waals surface area (Å²) in [5, 5.41) is 0. The molecule has 0 unspecified atom stereocenters. The van der Waals surface area contributed by atoms with Gasteiger partial charge in [-0.3, -0.25) is 9.69 Å². The number of rotatable bonds is 3. The number of carbonyl (C=O) groups excluding carboxylic acids is 1. The first-order chi connectivity index (χ1) is 10.2. The third-order valence-electron chi connectivity index (χ3n) is 4.11. The molecule has 6 heteroatoms. The van der Waals surface area contributed by atoms with Crippen molar-refractivity contribution in [1.82, 2.24) is 19.4 Å². The second-order valence-corrected chi connectivity index (χ2v) is 5.30. The second-order valence-electron chi connectivity index (χ2n) is 5.30. The van der Waals surface area contributed by atoms with Crippen LogP contribution in [0.3, 0.4) is 0 Å². The van der Waals surface area contributed by atoms with Gasteiger partial charge in [-0.25, -0.2) is 4.98 Å². The summed E-state index contributed by atoms with van der Waals surface area (Å²) in [6.07, 6.45) is 6.79. The van der Waals surface area contributed by atoms with Crippen LogP contribution >= 0.6 is 0 Å². The van der Waals surface area contributed by atoms with Crippen molar-refractivity contribution < 1.29 is 9.21 Å². The Bertz CT molecular complexity index is 605. The minimum Gasteiger partial charge on any atom is -0.472 e. The second kappa shape index (κ2) is 5.73. The molecule has 1 atom stereocenters. The van der Waals surface area contributed by atoms with Gasteiger partial charge in [-0.15, -0.1) is 0 Å². The highest BCUT2D eigenvalue weighted by Gasteiger charge is 2.32. The maximum Gasteiger partial charge on any atom is 0.257 e. The highest BCUT2D eigenvalue weighted by molar-refractivity contribution is 5.93. The summed E-state index contributed by atoms with van der Waals surface area (Å²) in [6.45, 7) is 5.34. The maximum atomic E-state index is 12.5. The average Bonchev–Trinajstić information content (AvgIpc) is 3.17. The van der Waals surface area contributed by atoms with Gasteiger partial charge in [-0.1, -0.05) is 6.92 Å². The third-order valence-corrected chi connectivity index (χ3v) is 4.11. The van der Waals surface area contributed by atoms with Crippen molar-refractivity contribution >= 4 is 5.91 Å². The number of likely N-dealkylation sites (N-methyl/N-ethyl adjacent to an activating group) is 1. The number of nitrogens with zero attached hydrogens (tertiary/aromatic N) is 4. The zero-order valence-electron chi connectivity index (χ0n) is 12.4. The molecular weight excluding hydrogens is 268 g/mol. The molecule has 1 fully saturated rings. The molecule has 2 aromatic heterocycles. The number of furan rings is 1. The van der Waals surface area contributed by atoms with Crippen LogP contribution in [0.15, 0.2) is 35.4 Å². The van der Waals surface area contributed by atoms with Crippen LogP contribution in [0.1, 0.15) is 29.1 Å². The molecule has 2 aromatic rings. The van der Waals surface area contributed by atoms with Gasteiger partial charge in [-0.05, 0) is 12.6 Å². The SMILES string of the molecule is CCN1CCN(C(=O)c2ccoc2)C[C@@H]1c1nccn1C. The van der Waals surface area contributed by atoms with Gasteiger partial charge in [0, 0.05) is 39.1 Å². The van der Waals surface area contributed by atoms with E-state index in [9.17, 15) is 4.79 Å². The fraction of sp³-hybridized carbons (Fsp3) is 0.467. The topological polar surface area (TPSA) is 54.5 Å². The van der Waals surface area contributed by atoms with Crippen LogP contribution in [0.5, 0.6) is 0 Å². The predicted octanol–water partition coefficient (Wildman–Crippen LogP) is 1.53. The quantitative estimate of drug-likeness (QED) is 0.859. The van der Waals surface area contributed by atoms with Gasteiger partial charge in [0.2, 0.25) is 0 Å². The molecule has 1 amide bonds. The number of piperazine rings is 1. The monoisotopic (exact) mass is 288 g/mol. The van der Waals surface area contributed by atoms with E-state index < -0.39 is 0 Å². The molecule has 0 saturated carbocycles. The number of hydrogen-bond acceptors (Lipinski definition) is 4. The molecule has 3 rings (SSSR count). The lowest BCUT2D eigenvalue weighted by atomic mass is 10.1. The molecule has 1 aliphatic heterocycles. The van der Waals surface area contributed by atoms with Crippen molar-refractivity contribution in [3.05, 3.63) is 42.4 Å². The first-order valence-electron chi connectivity index (χ1n) is 7.23. The van der Waals surface area contributed by atoms with E-state index in [1.165, 1.54) is 12.5 Å². The molecule has 0 spiro atoms.